The number of rotatable bonds is 6. The molecule has 1 aromatic rings. The van der Waals surface area contributed by atoms with E-state index in [9.17, 15) is 18.0 Å². The van der Waals surface area contributed by atoms with Crippen molar-refractivity contribution in [2.24, 2.45) is 0 Å². The lowest BCUT2D eigenvalue weighted by atomic mass is 10.2. The molecule has 12 heteroatoms. The number of nitrogens with one attached hydrogen (secondary N) is 2. The third-order valence-corrected chi connectivity index (χ3v) is 4.63. The van der Waals surface area contributed by atoms with E-state index in [1.54, 1.807) is 11.8 Å². The summed E-state index contributed by atoms with van der Waals surface area (Å²) >= 11 is 7.53. The van der Waals surface area contributed by atoms with Crippen LogP contribution in [-0.2, 0) is 11.0 Å². The summed E-state index contributed by atoms with van der Waals surface area (Å²) in [5, 5.41) is 5.73. The van der Waals surface area contributed by atoms with E-state index in [2.05, 4.69) is 15.6 Å². The highest BCUT2D eigenvalue weighted by Crippen LogP contribution is 2.32. The first-order valence-electron chi connectivity index (χ1n) is 7.29. The van der Waals surface area contributed by atoms with Crippen molar-refractivity contribution in [3.8, 4) is 5.88 Å². The Bertz CT molecular complexity index is 576. The average molecular weight is 457 g/mol. The second-order valence-electron chi connectivity index (χ2n) is 5.14. The van der Waals surface area contributed by atoms with Gasteiger partial charge in [-0.25, -0.2) is 4.98 Å². The summed E-state index contributed by atoms with van der Waals surface area (Å²) in [4.78, 5) is 15.3. The average Bonchev–Trinajstić information content (AvgIpc) is 2.52. The predicted octanol–water partition coefficient (Wildman–Crippen LogP) is 3.19. The molecular formula is C14H19Cl3F3N3O2S. The molecule has 0 bridgehead atoms. The Labute approximate surface area is 171 Å². The Morgan fingerprint density at radius 3 is 2.77 bits per heavy atom. The molecule has 1 aliphatic rings. The highest BCUT2D eigenvalue weighted by Gasteiger charge is 2.31. The van der Waals surface area contributed by atoms with Crippen molar-refractivity contribution < 1.29 is 22.7 Å². The minimum absolute atomic E-state index is 0. The molecule has 1 amide bonds. The number of hydrogen-bond acceptors (Lipinski definition) is 5. The summed E-state index contributed by atoms with van der Waals surface area (Å²) in [6, 6.07) is 0.921. The number of halogens is 6. The van der Waals surface area contributed by atoms with Crippen LogP contribution in [0.5, 0.6) is 5.88 Å². The van der Waals surface area contributed by atoms with Crippen LogP contribution in [0.3, 0.4) is 0 Å². The van der Waals surface area contributed by atoms with Crippen LogP contribution in [0.2, 0.25) is 5.02 Å². The second kappa shape index (κ2) is 12.0. The van der Waals surface area contributed by atoms with E-state index in [-0.39, 0.29) is 60.8 Å². The van der Waals surface area contributed by atoms with Crippen LogP contribution in [0.4, 0.5) is 13.2 Å². The highest BCUT2D eigenvalue weighted by molar-refractivity contribution is 7.99. The maximum atomic E-state index is 12.5. The van der Waals surface area contributed by atoms with Crippen LogP contribution in [0.15, 0.2) is 12.3 Å². The third-order valence-electron chi connectivity index (χ3n) is 3.23. The van der Waals surface area contributed by atoms with Gasteiger partial charge in [0.25, 0.3) is 0 Å². The fourth-order valence-electron chi connectivity index (χ4n) is 2.07. The van der Waals surface area contributed by atoms with Gasteiger partial charge in [0.15, 0.2) is 0 Å². The molecule has 2 N–H and O–H groups in total. The van der Waals surface area contributed by atoms with Crippen LogP contribution < -0.4 is 15.4 Å². The zero-order chi connectivity index (χ0) is 17.6. The molecule has 1 aromatic heterocycles. The van der Waals surface area contributed by atoms with Crippen molar-refractivity contribution >= 4 is 54.1 Å². The van der Waals surface area contributed by atoms with Crippen LogP contribution in [0, 0.1) is 0 Å². The molecule has 1 unspecified atom stereocenters. The van der Waals surface area contributed by atoms with Gasteiger partial charge in [-0.3, -0.25) is 4.79 Å². The van der Waals surface area contributed by atoms with Crippen molar-refractivity contribution in [3.05, 3.63) is 22.8 Å². The Kier molecular flexibility index (Phi) is 11.7. The number of hydrogen-bond donors (Lipinski definition) is 2. The fraction of sp³-hybridized carbons (Fsp3) is 0.571. The van der Waals surface area contributed by atoms with Gasteiger partial charge in [-0.1, -0.05) is 11.6 Å². The van der Waals surface area contributed by atoms with Crippen LogP contribution >= 0.6 is 48.2 Å². The van der Waals surface area contributed by atoms with Gasteiger partial charge in [-0.05, 0) is 6.07 Å². The summed E-state index contributed by atoms with van der Waals surface area (Å²) < 4.78 is 42.7. The first kappa shape index (κ1) is 25.4. The lowest BCUT2D eigenvalue weighted by Gasteiger charge is -2.22. The number of nitrogens with zero attached hydrogens (tertiary/aromatic N) is 1. The van der Waals surface area contributed by atoms with Crippen LogP contribution in [-0.4, -0.2) is 48.1 Å². The van der Waals surface area contributed by atoms with Gasteiger partial charge >= 0.3 is 6.18 Å². The topological polar surface area (TPSA) is 63.2 Å². The SMILES string of the molecule is Cl.Cl.O=C(CC1CSCCN1)NCCOc1ncc(C(F)(F)F)cc1Cl. The maximum Gasteiger partial charge on any atom is 0.417 e. The summed E-state index contributed by atoms with van der Waals surface area (Å²) in [6.45, 7) is 1.18. The first-order valence-corrected chi connectivity index (χ1v) is 8.83. The quantitative estimate of drug-likeness (QED) is 0.644. The van der Waals surface area contributed by atoms with E-state index in [0.29, 0.717) is 12.6 Å². The molecule has 0 saturated carbocycles. The lowest BCUT2D eigenvalue weighted by Crippen LogP contribution is -2.41. The first-order chi connectivity index (χ1) is 11.4. The molecule has 150 valence electrons. The van der Waals surface area contributed by atoms with E-state index >= 15 is 0 Å². The number of carbonyl (C=O) groups excluding carboxylic acids is 1. The van der Waals surface area contributed by atoms with Gasteiger partial charge in [0, 0.05) is 36.7 Å². The minimum Gasteiger partial charge on any atom is -0.475 e. The van der Waals surface area contributed by atoms with Crippen LogP contribution in [0.1, 0.15) is 12.0 Å². The van der Waals surface area contributed by atoms with E-state index in [1.807, 2.05) is 0 Å². The van der Waals surface area contributed by atoms with E-state index in [1.165, 1.54) is 0 Å². The number of amides is 1. The molecule has 0 spiro atoms. The number of pyridine rings is 1. The Morgan fingerprint density at radius 1 is 1.46 bits per heavy atom. The normalized spacial score (nSPS) is 16.8. The molecule has 1 saturated heterocycles. The zero-order valence-corrected chi connectivity index (χ0v) is 16.7. The van der Waals surface area contributed by atoms with Gasteiger partial charge < -0.3 is 15.4 Å². The van der Waals surface area contributed by atoms with Crippen molar-refractivity contribution in [3.63, 3.8) is 0 Å². The fourth-order valence-corrected chi connectivity index (χ4v) is 3.24. The summed E-state index contributed by atoms with van der Waals surface area (Å²) in [5.41, 5.74) is -0.939. The lowest BCUT2D eigenvalue weighted by molar-refractivity contribution is -0.137. The predicted molar refractivity (Wildman–Crippen MR) is 101 cm³/mol. The molecule has 1 atom stereocenters. The number of ether oxygens (including phenoxy) is 1. The third kappa shape index (κ3) is 8.39. The summed E-state index contributed by atoms with van der Waals surface area (Å²) in [6.07, 6.45) is -3.47. The molecule has 0 aromatic carbocycles. The molecule has 26 heavy (non-hydrogen) atoms. The van der Waals surface area contributed by atoms with Crippen molar-refractivity contribution in [2.75, 3.05) is 31.2 Å². The molecule has 2 rings (SSSR count). The molecule has 1 aliphatic heterocycles. The molecule has 5 nitrogen and oxygen atoms in total. The summed E-state index contributed by atoms with van der Waals surface area (Å²) in [5.74, 6) is 1.75. The number of carbonyl (C=O) groups is 1. The zero-order valence-electron chi connectivity index (χ0n) is 13.5. The Balaban J connectivity index is 0.00000312. The Morgan fingerprint density at radius 2 is 2.19 bits per heavy atom. The molecular weight excluding hydrogens is 438 g/mol. The van der Waals surface area contributed by atoms with Crippen molar-refractivity contribution in [1.29, 1.82) is 0 Å². The van der Waals surface area contributed by atoms with Crippen molar-refractivity contribution in [1.82, 2.24) is 15.6 Å². The second-order valence-corrected chi connectivity index (χ2v) is 6.69. The van der Waals surface area contributed by atoms with E-state index in [0.717, 1.165) is 24.1 Å². The molecule has 1 fully saturated rings. The molecule has 2 heterocycles. The van der Waals surface area contributed by atoms with Crippen molar-refractivity contribution in [2.45, 2.75) is 18.6 Å². The van der Waals surface area contributed by atoms with Gasteiger partial charge in [0.2, 0.25) is 11.8 Å². The van der Waals surface area contributed by atoms with Gasteiger partial charge in [-0.15, -0.1) is 24.8 Å². The maximum absolute atomic E-state index is 12.5. The number of aromatic nitrogens is 1. The van der Waals surface area contributed by atoms with Gasteiger partial charge in [-0.2, -0.15) is 24.9 Å². The smallest absolute Gasteiger partial charge is 0.417 e. The number of alkyl halides is 3. The molecule has 0 aliphatic carbocycles. The molecule has 0 radical (unpaired) electrons. The highest BCUT2D eigenvalue weighted by atomic mass is 35.5. The van der Waals surface area contributed by atoms with Crippen LogP contribution in [0.25, 0.3) is 0 Å². The van der Waals surface area contributed by atoms with E-state index < -0.39 is 11.7 Å². The van der Waals surface area contributed by atoms with Gasteiger partial charge in [0.1, 0.15) is 11.6 Å². The van der Waals surface area contributed by atoms with Gasteiger partial charge in [0.05, 0.1) is 12.1 Å². The monoisotopic (exact) mass is 455 g/mol. The van der Waals surface area contributed by atoms with E-state index in [4.69, 9.17) is 16.3 Å². The minimum atomic E-state index is -4.51. The summed E-state index contributed by atoms with van der Waals surface area (Å²) in [7, 11) is 0. The number of thioether (sulfide) groups is 1. The largest absolute Gasteiger partial charge is 0.475 e. The Hall–Kier alpha value is -0.610. The standard InChI is InChI=1S/C14H17ClF3N3O2S.2ClH/c15-11-5-9(14(16,17)18)7-21-13(11)23-3-1-20-12(22)6-10-8-24-4-2-19-10;;/h5,7,10,19H,1-4,6,8H2,(H,20,22);2*1H.